The Morgan fingerprint density at radius 3 is 2.76 bits per heavy atom. The molecule has 0 unspecified atom stereocenters. The highest BCUT2D eigenvalue weighted by Crippen LogP contribution is 2.28. The van der Waals surface area contributed by atoms with Gasteiger partial charge in [-0.15, -0.1) is 11.3 Å². The van der Waals surface area contributed by atoms with Gasteiger partial charge >= 0.3 is 5.97 Å². The molecule has 0 bridgehead atoms. The number of methoxy groups -OCH3 is 1. The molecule has 1 N–H and O–H groups in total. The number of nitrogens with one attached hydrogen (secondary N) is 1. The number of hydrogen-bond acceptors (Lipinski definition) is 6. The summed E-state index contributed by atoms with van der Waals surface area (Å²) in [5.74, 6) is -0.385. The summed E-state index contributed by atoms with van der Waals surface area (Å²) in [6.07, 6.45) is 1.62. The number of carbonyl (C=O) groups excluding carboxylic acids is 1. The van der Waals surface area contributed by atoms with Crippen molar-refractivity contribution < 1.29 is 9.53 Å². The summed E-state index contributed by atoms with van der Waals surface area (Å²) in [6.45, 7) is 1.89. The van der Waals surface area contributed by atoms with E-state index in [1.54, 1.807) is 30.5 Å². The van der Waals surface area contributed by atoms with Crippen LogP contribution in [0, 0.1) is 18.3 Å². The smallest absolute Gasteiger partial charge is 0.350 e. The Labute approximate surface area is 126 Å². The number of thiophene rings is 1. The number of rotatable bonds is 4. The van der Waals surface area contributed by atoms with Gasteiger partial charge in [-0.3, -0.25) is 5.43 Å². The maximum atomic E-state index is 11.6. The third-order valence-electron chi connectivity index (χ3n) is 2.78. The summed E-state index contributed by atoms with van der Waals surface area (Å²) in [4.78, 5) is 12.1. The molecule has 1 heterocycles. The zero-order valence-corrected chi connectivity index (χ0v) is 12.4. The predicted octanol–water partition coefficient (Wildman–Crippen LogP) is 3.16. The Bertz CT molecular complexity index is 712. The molecule has 106 valence electrons. The largest absolute Gasteiger partial charge is 0.465 e. The van der Waals surface area contributed by atoms with Crippen LogP contribution in [-0.2, 0) is 4.74 Å². The highest BCUT2D eigenvalue weighted by atomic mass is 32.1. The first kappa shape index (κ1) is 14.8. The van der Waals surface area contributed by atoms with E-state index < -0.39 is 0 Å². The molecule has 21 heavy (non-hydrogen) atoms. The average molecular weight is 299 g/mol. The summed E-state index contributed by atoms with van der Waals surface area (Å²) in [6, 6.07) is 9.09. The van der Waals surface area contributed by atoms with Gasteiger partial charge in [0.2, 0.25) is 0 Å². The van der Waals surface area contributed by atoms with E-state index >= 15 is 0 Å². The van der Waals surface area contributed by atoms with Crippen molar-refractivity contribution in [3.8, 4) is 6.07 Å². The first-order valence-electron chi connectivity index (χ1n) is 6.11. The highest BCUT2D eigenvalue weighted by Gasteiger charge is 2.15. The molecule has 5 nitrogen and oxygen atoms in total. The fourth-order valence-corrected chi connectivity index (χ4v) is 2.56. The molecule has 6 heteroatoms. The molecule has 0 radical (unpaired) electrons. The van der Waals surface area contributed by atoms with Gasteiger partial charge in [0.05, 0.1) is 30.6 Å². The molecule has 1 aromatic heterocycles. The first-order chi connectivity index (χ1) is 10.2. The summed E-state index contributed by atoms with van der Waals surface area (Å²) in [7, 11) is 1.35. The molecule has 2 rings (SSSR count). The molecule has 0 aliphatic rings. The van der Waals surface area contributed by atoms with E-state index in [0.717, 1.165) is 11.1 Å². The maximum absolute atomic E-state index is 11.6. The summed E-state index contributed by atoms with van der Waals surface area (Å²) in [5, 5.41) is 14.7. The van der Waals surface area contributed by atoms with Crippen LogP contribution in [0.5, 0.6) is 0 Å². The summed E-state index contributed by atoms with van der Waals surface area (Å²) in [5.41, 5.74) is 5.90. The van der Waals surface area contributed by atoms with E-state index in [0.29, 0.717) is 16.1 Å². The van der Waals surface area contributed by atoms with Gasteiger partial charge in [0.15, 0.2) is 0 Å². The minimum atomic E-state index is -0.385. The number of aryl methyl sites for hydroxylation is 1. The Balaban J connectivity index is 2.12. The van der Waals surface area contributed by atoms with Gasteiger partial charge in [0.1, 0.15) is 4.88 Å². The number of anilines is 1. The lowest BCUT2D eigenvalue weighted by molar-refractivity contribution is 0.0607. The Morgan fingerprint density at radius 2 is 2.14 bits per heavy atom. The van der Waals surface area contributed by atoms with Gasteiger partial charge in [-0.2, -0.15) is 10.4 Å². The lowest BCUT2D eigenvalue weighted by Gasteiger charge is -2.03. The van der Waals surface area contributed by atoms with Crippen molar-refractivity contribution in [3.63, 3.8) is 0 Å². The number of carbonyl (C=O) groups is 1. The highest BCUT2D eigenvalue weighted by molar-refractivity contribution is 7.12. The number of ether oxygens (including phenoxy) is 1. The van der Waals surface area contributed by atoms with Crippen molar-refractivity contribution in [1.82, 2.24) is 0 Å². The van der Waals surface area contributed by atoms with Crippen LogP contribution in [0.15, 0.2) is 34.7 Å². The molecule has 0 spiro atoms. The fourth-order valence-electron chi connectivity index (χ4n) is 1.64. The summed E-state index contributed by atoms with van der Waals surface area (Å²) >= 11 is 1.31. The molecule has 0 atom stereocenters. The third kappa shape index (κ3) is 3.46. The van der Waals surface area contributed by atoms with Crippen LogP contribution in [0.25, 0.3) is 0 Å². The number of benzene rings is 1. The van der Waals surface area contributed by atoms with E-state index in [2.05, 4.69) is 16.6 Å². The third-order valence-corrected chi connectivity index (χ3v) is 3.85. The van der Waals surface area contributed by atoms with Crippen LogP contribution in [0.2, 0.25) is 0 Å². The molecule has 0 saturated carbocycles. The van der Waals surface area contributed by atoms with Crippen molar-refractivity contribution >= 4 is 29.2 Å². The Kier molecular flexibility index (Phi) is 4.69. The Morgan fingerprint density at radius 1 is 1.43 bits per heavy atom. The molecule has 1 aromatic carbocycles. The maximum Gasteiger partial charge on any atom is 0.350 e. The number of nitriles is 1. The van der Waals surface area contributed by atoms with E-state index in [1.807, 2.05) is 12.3 Å². The van der Waals surface area contributed by atoms with Crippen LogP contribution in [0.1, 0.15) is 26.4 Å². The second-order valence-corrected chi connectivity index (χ2v) is 5.10. The molecular weight excluding hydrogens is 286 g/mol. The molecule has 0 aliphatic heterocycles. The van der Waals surface area contributed by atoms with E-state index in [9.17, 15) is 4.79 Å². The molecule has 0 amide bonds. The van der Waals surface area contributed by atoms with Gasteiger partial charge in [-0.1, -0.05) is 12.1 Å². The zero-order chi connectivity index (χ0) is 15.2. The summed E-state index contributed by atoms with van der Waals surface area (Å²) < 4.78 is 4.73. The lowest BCUT2D eigenvalue weighted by atomic mass is 10.2. The van der Waals surface area contributed by atoms with Crippen molar-refractivity contribution in [2.75, 3.05) is 12.5 Å². The average Bonchev–Trinajstić information content (AvgIpc) is 2.88. The van der Waals surface area contributed by atoms with E-state index in [4.69, 9.17) is 10.00 Å². The second kappa shape index (κ2) is 6.68. The fraction of sp³-hybridized carbons (Fsp3) is 0.133. The first-order valence-corrected chi connectivity index (χ1v) is 6.99. The quantitative estimate of drug-likeness (QED) is 0.534. The number of nitrogens with zero attached hydrogens (tertiary/aromatic N) is 2. The van der Waals surface area contributed by atoms with Crippen molar-refractivity contribution in [3.05, 3.63) is 51.2 Å². The number of hydrogen-bond donors (Lipinski definition) is 1. The van der Waals surface area contributed by atoms with Crippen molar-refractivity contribution in [1.29, 1.82) is 5.26 Å². The van der Waals surface area contributed by atoms with Crippen LogP contribution < -0.4 is 5.43 Å². The van der Waals surface area contributed by atoms with Crippen molar-refractivity contribution in [2.45, 2.75) is 6.92 Å². The number of esters is 1. The molecule has 2 aromatic rings. The minimum absolute atomic E-state index is 0.385. The van der Waals surface area contributed by atoms with Crippen LogP contribution >= 0.6 is 11.3 Å². The SMILES string of the molecule is COC(=O)c1scc(C)c1N/N=C/c1ccc(C#N)cc1. The van der Waals surface area contributed by atoms with E-state index in [-0.39, 0.29) is 5.97 Å². The normalized spacial score (nSPS) is 10.3. The molecule has 0 saturated heterocycles. The second-order valence-electron chi connectivity index (χ2n) is 4.22. The van der Waals surface area contributed by atoms with Gasteiger partial charge in [0, 0.05) is 0 Å². The molecule has 0 aliphatic carbocycles. The van der Waals surface area contributed by atoms with Gasteiger partial charge in [-0.05, 0) is 35.6 Å². The Hall–Kier alpha value is -2.65. The van der Waals surface area contributed by atoms with Crippen LogP contribution in [-0.4, -0.2) is 19.3 Å². The molecule has 0 fully saturated rings. The van der Waals surface area contributed by atoms with Gasteiger partial charge in [-0.25, -0.2) is 4.79 Å². The van der Waals surface area contributed by atoms with E-state index in [1.165, 1.54) is 18.4 Å². The monoisotopic (exact) mass is 299 g/mol. The van der Waals surface area contributed by atoms with Crippen molar-refractivity contribution in [2.24, 2.45) is 5.10 Å². The predicted molar refractivity (Wildman–Crippen MR) is 82.8 cm³/mol. The van der Waals surface area contributed by atoms with Gasteiger partial charge < -0.3 is 4.74 Å². The van der Waals surface area contributed by atoms with Crippen LogP contribution in [0.4, 0.5) is 5.69 Å². The van der Waals surface area contributed by atoms with Crippen LogP contribution in [0.3, 0.4) is 0 Å². The standard InChI is InChI=1S/C15H13N3O2S/c1-10-9-21-14(15(19)20-2)13(10)18-17-8-12-5-3-11(7-16)4-6-12/h3-6,8-9,18H,1-2H3/b17-8+. The van der Waals surface area contributed by atoms with Gasteiger partial charge in [0.25, 0.3) is 0 Å². The topological polar surface area (TPSA) is 74.5 Å². The molecular formula is C15H13N3O2S. The number of hydrazone groups is 1. The minimum Gasteiger partial charge on any atom is -0.465 e. The lowest BCUT2D eigenvalue weighted by Crippen LogP contribution is -2.02. The zero-order valence-electron chi connectivity index (χ0n) is 11.6.